The zero-order chi connectivity index (χ0) is 15.2. The third kappa shape index (κ3) is 5.77. The predicted octanol–water partition coefficient (Wildman–Crippen LogP) is 2.75. The van der Waals surface area contributed by atoms with Crippen molar-refractivity contribution >= 4 is 17.5 Å². The van der Waals surface area contributed by atoms with Crippen LogP contribution in [0.1, 0.15) is 26.3 Å². The van der Waals surface area contributed by atoms with Crippen LogP contribution in [0.4, 0.5) is 0 Å². The minimum atomic E-state index is -0.404. The van der Waals surface area contributed by atoms with Crippen molar-refractivity contribution in [2.75, 3.05) is 0 Å². The molecule has 0 radical (unpaired) electrons. The van der Waals surface area contributed by atoms with Gasteiger partial charge in [0.25, 0.3) is 5.91 Å². The number of nitrogens with zero attached hydrogens (tertiary/aromatic N) is 1. The molecule has 1 aromatic carbocycles. The molecule has 0 aliphatic rings. The fourth-order valence-corrected chi connectivity index (χ4v) is 1.44. The molecule has 0 aliphatic heterocycles. The van der Waals surface area contributed by atoms with E-state index in [1.54, 1.807) is 12.1 Å². The number of benzene rings is 1. The summed E-state index contributed by atoms with van der Waals surface area (Å²) < 4.78 is 0. The Balaban J connectivity index is 2.60. The van der Waals surface area contributed by atoms with E-state index < -0.39 is 5.91 Å². The molecule has 1 aromatic rings. The lowest BCUT2D eigenvalue weighted by molar-refractivity contribution is -0.117. The summed E-state index contributed by atoms with van der Waals surface area (Å²) in [7, 11) is 0. The number of nitrogens with one attached hydrogen (secondary N) is 2. The molecule has 0 atom stereocenters. The topological polar surface area (TPSA) is 64.9 Å². The molecule has 0 spiro atoms. The Morgan fingerprint density at radius 1 is 1.35 bits per heavy atom. The summed E-state index contributed by atoms with van der Waals surface area (Å²) in [5.41, 5.74) is 0.774. The lowest BCUT2D eigenvalue weighted by Crippen LogP contribution is -2.33. The van der Waals surface area contributed by atoms with Crippen LogP contribution in [0, 0.1) is 11.3 Å². The molecule has 0 heterocycles. The van der Waals surface area contributed by atoms with Gasteiger partial charge >= 0.3 is 0 Å². The van der Waals surface area contributed by atoms with E-state index in [1.807, 2.05) is 39.0 Å². The zero-order valence-electron chi connectivity index (χ0n) is 11.8. The molecule has 1 amide bonds. The Hall–Kier alpha value is -1.99. The van der Waals surface area contributed by atoms with E-state index in [9.17, 15) is 4.79 Å². The second kappa shape index (κ2) is 6.97. The van der Waals surface area contributed by atoms with Gasteiger partial charge in [0.15, 0.2) is 0 Å². The van der Waals surface area contributed by atoms with Gasteiger partial charge in [0, 0.05) is 23.3 Å². The van der Waals surface area contributed by atoms with Gasteiger partial charge in [-0.15, -0.1) is 0 Å². The van der Waals surface area contributed by atoms with Crippen LogP contribution < -0.4 is 10.6 Å². The second-order valence-electron chi connectivity index (χ2n) is 5.37. The van der Waals surface area contributed by atoms with Crippen molar-refractivity contribution in [3.8, 4) is 6.07 Å². The first-order chi connectivity index (χ1) is 9.31. The number of carbonyl (C=O) groups is 1. The normalized spacial score (nSPS) is 11.7. The summed E-state index contributed by atoms with van der Waals surface area (Å²) in [6, 6.07) is 9.05. The fraction of sp³-hybridized carbons (Fsp3) is 0.333. The zero-order valence-corrected chi connectivity index (χ0v) is 12.6. The number of hydrogen-bond acceptors (Lipinski definition) is 3. The average molecular weight is 292 g/mol. The van der Waals surface area contributed by atoms with Crippen LogP contribution in [0.2, 0.25) is 5.02 Å². The van der Waals surface area contributed by atoms with E-state index >= 15 is 0 Å². The molecule has 0 fully saturated rings. The van der Waals surface area contributed by atoms with Crippen LogP contribution in [0.3, 0.4) is 0 Å². The summed E-state index contributed by atoms with van der Waals surface area (Å²) in [4.78, 5) is 11.9. The molecule has 4 nitrogen and oxygen atoms in total. The van der Waals surface area contributed by atoms with Gasteiger partial charge in [0.05, 0.1) is 0 Å². The summed E-state index contributed by atoms with van der Waals surface area (Å²) in [5.74, 6) is -0.404. The standard InChI is InChI=1S/C15H18ClN3O/c1-15(2,3)19-10-12(8-17)14(20)18-9-11-4-6-13(16)7-5-11/h4-7,10,19H,9H2,1-3H3,(H,18,20)/b12-10-. The number of hydrogen-bond donors (Lipinski definition) is 2. The molecule has 0 saturated carbocycles. The summed E-state index contributed by atoms with van der Waals surface area (Å²) in [5, 5.41) is 15.3. The molecule has 20 heavy (non-hydrogen) atoms. The van der Waals surface area contributed by atoms with Crippen LogP contribution in [0.15, 0.2) is 36.0 Å². The van der Waals surface area contributed by atoms with Crippen LogP contribution in [-0.4, -0.2) is 11.4 Å². The number of amides is 1. The number of rotatable bonds is 4. The molecular formula is C15H18ClN3O. The Kier molecular flexibility index (Phi) is 5.60. The van der Waals surface area contributed by atoms with Gasteiger partial charge in [0.2, 0.25) is 0 Å². The summed E-state index contributed by atoms with van der Waals surface area (Å²) >= 11 is 5.78. The van der Waals surface area contributed by atoms with Crippen LogP contribution in [0.5, 0.6) is 0 Å². The van der Waals surface area contributed by atoms with Gasteiger partial charge in [-0.05, 0) is 38.5 Å². The van der Waals surface area contributed by atoms with Crippen LogP contribution >= 0.6 is 11.6 Å². The van der Waals surface area contributed by atoms with E-state index in [4.69, 9.17) is 16.9 Å². The summed E-state index contributed by atoms with van der Waals surface area (Å²) in [6.45, 7) is 6.20. The smallest absolute Gasteiger partial charge is 0.263 e. The van der Waals surface area contributed by atoms with E-state index in [0.29, 0.717) is 11.6 Å². The first kappa shape index (κ1) is 16.1. The second-order valence-corrected chi connectivity index (χ2v) is 5.81. The number of carbonyl (C=O) groups excluding carboxylic acids is 1. The molecule has 0 unspecified atom stereocenters. The monoisotopic (exact) mass is 291 g/mol. The maximum Gasteiger partial charge on any atom is 0.263 e. The highest BCUT2D eigenvalue weighted by molar-refractivity contribution is 6.30. The van der Waals surface area contributed by atoms with Crippen molar-refractivity contribution in [1.29, 1.82) is 5.26 Å². The largest absolute Gasteiger partial charge is 0.385 e. The SMILES string of the molecule is CC(C)(C)N/C=C(/C#N)C(=O)NCc1ccc(Cl)cc1. The molecule has 1 rings (SSSR count). The van der Waals surface area contributed by atoms with Gasteiger partial charge in [-0.25, -0.2) is 0 Å². The predicted molar refractivity (Wildman–Crippen MR) is 79.9 cm³/mol. The molecular weight excluding hydrogens is 274 g/mol. The minimum Gasteiger partial charge on any atom is -0.385 e. The fourth-order valence-electron chi connectivity index (χ4n) is 1.32. The van der Waals surface area contributed by atoms with Crippen molar-refractivity contribution < 1.29 is 4.79 Å². The maximum absolute atomic E-state index is 11.9. The first-order valence-electron chi connectivity index (χ1n) is 6.22. The highest BCUT2D eigenvalue weighted by Crippen LogP contribution is 2.09. The van der Waals surface area contributed by atoms with Crippen LogP contribution in [0.25, 0.3) is 0 Å². The quantitative estimate of drug-likeness (QED) is 0.662. The summed E-state index contributed by atoms with van der Waals surface area (Å²) in [6.07, 6.45) is 1.44. The maximum atomic E-state index is 11.9. The molecule has 106 valence electrons. The van der Waals surface area contributed by atoms with E-state index in [1.165, 1.54) is 6.20 Å². The van der Waals surface area contributed by atoms with Crippen LogP contribution in [-0.2, 0) is 11.3 Å². The Morgan fingerprint density at radius 3 is 2.45 bits per heavy atom. The van der Waals surface area contributed by atoms with Gasteiger partial charge in [0.1, 0.15) is 11.6 Å². The molecule has 0 aromatic heterocycles. The Morgan fingerprint density at radius 2 is 1.95 bits per heavy atom. The lowest BCUT2D eigenvalue weighted by atomic mass is 10.1. The van der Waals surface area contributed by atoms with Crippen molar-refractivity contribution in [2.45, 2.75) is 32.9 Å². The molecule has 0 bridgehead atoms. The first-order valence-corrected chi connectivity index (χ1v) is 6.60. The Labute approximate surface area is 124 Å². The molecule has 0 aliphatic carbocycles. The third-order valence-electron chi connectivity index (χ3n) is 2.38. The van der Waals surface area contributed by atoms with E-state index in [0.717, 1.165) is 5.56 Å². The molecule has 2 N–H and O–H groups in total. The van der Waals surface area contributed by atoms with Crippen molar-refractivity contribution in [3.63, 3.8) is 0 Å². The molecule has 5 heteroatoms. The van der Waals surface area contributed by atoms with Crippen molar-refractivity contribution in [2.24, 2.45) is 0 Å². The minimum absolute atomic E-state index is 0.0499. The van der Waals surface area contributed by atoms with Crippen molar-refractivity contribution in [1.82, 2.24) is 10.6 Å². The van der Waals surface area contributed by atoms with Gasteiger partial charge in [-0.1, -0.05) is 23.7 Å². The Bertz CT molecular complexity index is 536. The van der Waals surface area contributed by atoms with Gasteiger partial charge < -0.3 is 10.6 Å². The molecule has 0 saturated heterocycles. The van der Waals surface area contributed by atoms with Gasteiger partial charge in [-0.3, -0.25) is 4.79 Å². The highest BCUT2D eigenvalue weighted by atomic mass is 35.5. The van der Waals surface area contributed by atoms with Crippen molar-refractivity contribution in [3.05, 3.63) is 46.6 Å². The van der Waals surface area contributed by atoms with E-state index in [2.05, 4.69) is 10.6 Å². The number of nitriles is 1. The van der Waals surface area contributed by atoms with E-state index in [-0.39, 0.29) is 11.1 Å². The number of halogens is 1. The highest BCUT2D eigenvalue weighted by Gasteiger charge is 2.11. The average Bonchev–Trinajstić information content (AvgIpc) is 2.37. The third-order valence-corrected chi connectivity index (χ3v) is 2.63. The lowest BCUT2D eigenvalue weighted by Gasteiger charge is -2.18. The van der Waals surface area contributed by atoms with Gasteiger partial charge in [-0.2, -0.15) is 5.26 Å².